The molecule has 2 amide bonds. The molecule has 1 atom stereocenters. The van der Waals surface area contributed by atoms with Crippen LogP contribution in [0, 0.1) is 0 Å². The van der Waals surface area contributed by atoms with E-state index in [1.54, 1.807) is 13.0 Å². The molecule has 0 aliphatic heterocycles. The highest BCUT2D eigenvalue weighted by molar-refractivity contribution is 5.93. The van der Waals surface area contributed by atoms with Crippen LogP contribution in [0.1, 0.15) is 12.5 Å². The van der Waals surface area contributed by atoms with E-state index in [9.17, 15) is 9.59 Å². The van der Waals surface area contributed by atoms with Gasteiger partial charge in [-0.05, 0) is 41.5 Å². The molecular formula is C22H20N2O3. The topological polar surface area (TPSA) is 67.4 Å². The lowest BCUT2D eigenvalue weighted by molar-refractivity contribution is -0.131. The van der Waals surface area contributed by atoms with Crippen LogP contribution in [0.4, 0.5) is 0 Å². The molecule has 27 heavy (non-hydrogen) atoms. The number of benzene rings is 3. The molecule has 5 heteroatoms. The average Bonchev–Trinajstić information content (AvgIpc) is 2.71. The van der Waals surface area contributed by atoms with Crippen molar-refractivity contribution in [2.75, 3.05) is 0 Å². The molecule has 0 fully saturated rings. The predicted molar refractivity (Wildman–Crippen MR) is 106 cm³/mol. The third kappa shape index (κ3) is 5.19. The molecule has 5 nitrogen and oxygen atoms in total. The Balaban J connectivity index is 1.51. The summed E-state index contributed by atoms with van der Waals surface area (Å²) in [7, 11) is 0. The summed E-state index contributed by atoms with van der Waals surface area (Å²) in [6, 6.07) is 22.9. The van der Waals surface area contributed by atoms with Crippen LogP contribution < -0.4 is 15.6 Å². The third-order valence-electron chi connectivity index (χ3n) is 3.94. The van der Waals surface area contributed by atoms with Gasteiger partial charge in [0, 0.05) is 6.08 Å². The predicted octanol–water partition coefficient (Wildman–Crippen LogP) is 3.47. The number of hydrogen-bond acceptors (Lipinski definition) is 3. The van der Waals surface area contributed by atoms with Crippen molar-refractivity contribution in [3.63, 3.8) is 0 Å². The molecule has 0 aliphatic rings. The number of nitrogens with one attached hydrogen (secondary N) is 2. The number of carbonyl (C=O) groups is 2. The summed E-state index contributed by atoms with van der Waals surface area (Å²) in [6.07, 6.45) is 2.26. The number of fused-ring (bicyclic) bond motifs is 1. The van der Waals surface area contributed by atoms with Crippen LogP contribution in [0.2, 0.25) is 0 Å². The van der Waals surface area contributed by atoms with Crippen LogP contribution in [-0.4, -0.2) is 17.9 Å². The van der Waals surface area contributed by atoms with Crippen LogP contribution in [0.15, 0.2) is 78.9 Å². The van der Waals surface area contributed by atoms with Crippen LogP contribution >= 0.6 is 0 Å². The lowest BCUT2D eigenvalue weighted by Crippen LogP contribution is -2.46. The maximum atomic E-state index is 12.1. The van der Waals surface area contributed by atoms with Crippen molar-refractivity contribution in [1.29, 1.82) is 0 Å². The van der Waals surface area contributed by atoms with Gasteiger partial charge in [-0.25, -0.2) is 0 Å². The Kier molecular flexibility index (Phi) is 5.84. The van der Waals surface area contributed by atoms with E-state index >= 15 is 0 Å². The van der Waals surface area contributed by atoms with Gasteiger partial charge in [-0.1, -0.05) is 60.7 Å². The van der Waals surface area contributed by atoms with Gasteiger partial charge in [0.25, 0.3) is 11.8 Å². The standard InChI is InChI=1S/C22H20N2O3/c1-16(27-20-13-12-18-9-5-6-10-19(18)15-20)22(26)24-23-21(25)14-11-17-7-3-2-4-8-17/h2-16H,1H3,(H,23,25)(H,24,26). The smallest absolute Gasteiger partial charge is 0.279 e. The number of hydrogen-bond donors (Lipinski definition) is 2. The summed E-state index contributed by atoms with van der Waals surface area (Å²) in [5.74, 6) is -0.277. The zero-order valence-corrected chi connectivity index (χ0v) is 14.9. The number of carbonyl (C=O) groups excluding carboxylic acids is 2. The van der Waals surface area contributed by atoms with E-state index in [2.05, 4.69) is 10.9 Å². The van der Waals surface area contributed by atoms with Crippen LogP contribution in [0.25, 0.3) is 16.8 Å². The molecule has 3 aromatic rings. The number of rotatable bonds is 5. The first-order chi connectivity index (χ1) is 13.1. The largest absolute Gasteiger partial charge is 0.481 e. The summed E-state index contributed by atoms with van der Waals surface area (Å²) >= 11 is 0. The molecule has 3 aromatic carbocycles. The summed E-state index contributed by atoms with van der Waals surface area (Å²) in [5.41, 5.74) is 5.60. The summed E-state index contributed by atoms with van der Waals surface area (Å²) in [6.45, 7) is 1.62. The summed E-state index contributed by atoms with van der Waals surface area (Å²) in [5, 5.41) is 2.13. The van der Waals surface area contributed by atoms with E-state index in [4.69, 9.17) is 4.74 Å². The maximum Gasteiger partial charge on any atom is 0.279 e. The van der Waals surface area contributed by atoms with Gasteiger partial charge in [-0.15, -0.1) is 0 Å². The number of hydrazine groups is 1. The Morgan fingerprint density at radius 3 is 2.37 bits per heavy atom. The highest BCUT2D eigenvalue weighted by Crippen LogP contribution is 2.21. The van der Waals surface area contributed by atoms with Gasteiger partial charge in [0.2, 0.25) is 0 Å². The average molecular weight is 360 g/mol. The Morgan fingerprint density at radius 1 is 0.889 bits per heavy atom. The van der Waals surface area contributed by atoms with E-state index in [-0.39, 0.29) is 0 Å². The van der Waals surface area contributed by atoms with Gasteiger partial charge in [-0.3, -0.25) is 20.4 Å². The van der Waals surface area contributed by atoms with Crippen molar-refractivity contribution in [2.24, 2.45) is 0 Å². The van der Waals surface area contributed by atoms with E-state index in [0.29, 0.717) is 5.75 Å². The van der Waals surface area contributed by atoms with Crippen molar-refractivity contribution in [1.82, 2.24) is 10.9 Å². The SMILES string of the molecule is CC(Oc1ccc2ccccc2c1)C(=O)NNC(=O)C=Cc1ccccc1. The second kappa shape index (κ2) is 8.67. The molecule has 0 heterocycles. The molecule has 1 unspecified atom stereocenters. The Labute approximate surface area is 157 Å². The van der Waals surface area contributed by atoms with E-state index in [1.807, 2.05) is 72.8 Å². The monoisotopic (exact) mass is 360 g/mol. The van der Waals surface area contributed by atoms with Gasteiger partial charge in [0.05, 0.1) is 0 Å². The third-order valence-corrected chi connectivity index (χ3v) is 3.94. The number of ether oxygens (including phenoxy) is 1. The van der Waals surface area contributed by atoms with Crippen molar-refractivity contribution in [2.45, 2.75) is 13.0 Å². The van der Waals surface area contributed by atoms with Crippen LogP contribution in [0.5, 0.6) is 5.75 Å². The lowest BCUT2D eigenvalue weighted by Gasteiger charge is -2.15. The summed E-state index contributed by atoms with van der Waals surface area (Å²) in [4.78, 5) is 23.9. The molecule has 2 N–H and O–H groups in total. The lowest BCUT2D eigenvalue weighted by atomic mass is 10.1. The molecule has 0 aliphatic carbocycles. The van der Waals surface area contributed by atoms with E-state index in [1.165, 1.54) is 6.08 Å². The normalized spacial score (nSPS) is 11.9. The highest BCUT2D eigenvalue weighted by Gasteiger charge is 2.15. The first kappa shape index (κ1) is 18.2. The van der Waals surface area contributed by atoms with Crippen molar-refractivity contribution >= 4 is 28.7 Å². The first-order valence-electron chi connectivity index (χ1n) is 8.60. The first-order valence-corrected chi connectivity index (χ1v) is 8.60. The Bertz CT molecular complexity index is 967. The second-order valence-electron chi connectivity index (χ2n) is 5.99. The zero-order valence-electron chi connectivity index (χ0n) is 14.9. The van der Waals surface area contributed by atoms with Crippen molar-refractivity contribution in [3.05, 3.63) is 84.4 Å². The fourth-order valence-electron chi connectivity index (χ4n) is 2.50. The minimum absolute atomic E-state index is 0.426. The molecule has 136 valence electrons. The van der Waals surface area contributed by atoms with Gasteiger partial charge in [0.15, 0.2) is 6.10 Å². The van der Waals surface area contributed by atoms with Gasteiger partial charge >= 0.3 is 0 Å². The van der Waals surface area contributed by atoms with Crippen molar-refractivity contribution < 1.29 is 14.3 Å². The Hall–Kier alpha value is -3.60. The van der Waals surface area contributed by atoms with Gasteiger partial charge < -0.3 is 4.74 Å². The minimum atomic E-state index is -0.760. The molecule has 3 rings (SSSR count). The summed E-state index contributed by atoms with van der Waals surface area (Å²) < 4.78 is 5.66. The molecular weight excluding hydrogens is 340 g/mol. The minimum Gasteiger partial charge on any atom is -0.481 e. The maximum absolute atomic E-state index is 12.1. The number of amides is 2. The Morgan fingerprint density at radius 2 is 1.59 bits per heavy atom. The molecule has 0 saturated carbocycles. The molecule has 0 bridgehead atoms. The second-order valence-corrected chi connectivity index (χ2v) is 5.99. The van der Waals surface area contributed by atoms with Crippen molar-refractivity contribution in [3.8, 4) is 5.75 Å². The molecule has 0 aromatic heterocycles. The molecule has 0 spiro atoms. The van der Waals surface area contributed by atoms with Gasteiger partial charge in [-0.2, -0.15) is 0 Å². The van der Waals surface area contributed by atoms with Gasteiger partial charge in [0.1, 0.15) is 5.75 Å². The molecule has 0 saturated heterocycles. The fraction of sp³-hybridized carbons (Fsp3) is 0.0909. The van der Waals surface area contributed by atoms with E-state index in [0.717, 1.165) is 16.3 Å². The molecule has 0 radical (unpaired) electrons. The van der Waals surface area contributed by atoms with Crippen LogP contribution in [-0.2, 0) is 9.59 Å². The highest BCUT2D eigenvalue weighted by atomic mass is 16.5. The zero-order chi connectivity index (χ0) is 19.1. The fourth-order valence-corrected chi connectivity index (χ4v) is 2.50. The van der Waals surface area contributed by atoms with Crippen LogP contribution in [0.3, 0.4) is 0 Å². The van der Waals surface area contributed by atoms with E-state index < -0.39 is 17.9 Å². The quantitative estimate of drug-likeness (QED) is 0.541.